The second kappa shape index (κ2) is 11.6. The number of ether oxygens (including phenoxy) is 4. The highest BCUT2D eigenvalue weighted by Crippen LogP contribution is 2.35. The number of amides is 1. The molecule has 182 valence electrons. The van der Waals surface area contributed by atoms with E-state index in [1.165, 1.54) is 46.6 Å². The predicted molar refractivity (Wildman–Crippen MR) is 124 cm³/mol. The van der Waals surface area contributed by atoms with E-state index in [4.69, 9.17) is 24.1 Å². The largest absolute Gasteiger partial charge is 0.496 e. The van der Waals surface area contributed by atoms with E-state index in [9.17, 15) is 18.0 Å². The Morgan fingerprint density at radius 2 is 1.56 bits per heavy atom. The molecule has 2 aromatic rings. The van der Waals surface area contributed by atoms with Gasteiger partial charge in [0.2, 0.25) is 5.91 Å². The molecule has 0 saturated carbocycles. The van der Waals surface area contributed by atoms with Crippen molar-refractivity contribution >= 4 is 39.6 Å². The monoisotopic (exact) mass is 493 g/mol. The number of carboxylic acid groups (broad SMARTS) is 1. The summed E-state index contributed by atoms with van der Waals surface area (Å²) in [5.74, 6) is -1.12. The number of methoxy groups -OCH3 is 4. The quantitative estimate of drug-likeness (QED) is 0.395. The summed E-state index contributed by atoms with van der Waals surface area (Å²) in [6.07, 6.45) is 2.70. The van der Waals surface area contributed by atoms with Gasteiger partial charge in [-0.1, -0.05) is 0 Å². The van der Waals surface area contributed by atoms with E-state index in [0.717, 1.165) is 11.5 Å². The molecule has 1 aromatic heterocycles. The van der Waals surface area contributed by atoms with Crippen LogP contribution in [0.1, 0.15) is 5.56 Å². The summed E-state index contributed by atoms with van der Waals surface area (Å²) in [6.45, 7) is 0. The minimum atomic E-state index is -4.07. The van der Waals surface area contributed by atoms with Gasteiger partial charge in [0.1, 0.15) is 23.1 Å². The number of carbonyl (C=O) groups excluding carboxylic acids is 1. The molecule has 3 N–H and O–H groups in total. The number of nitrogens with zero attached hydrogens (tertiary/aromatic N) is 1. The number of aliphatic carboxylic acids is 1. The molecule has 0 aliphatic carbocycles. The third-order valence-corrected chi connectivity index (χ3v) is 5.10. The van der Waals surface area contributed by atoms with Crippen molar-refractivity contribution in [2.24, 2.45) is 0 Å². The summed E-state index contributed by atoms with van der Waals surface area (Å²) in [4.78, 5) is 26.4. The maximum absolute atomic E-state index is 12.6. The fourth-order valence-electron chi connectivity index (χ4n) is 2.60. The van der Waals surface area contributed by atoms with Gasteiger partial charge in [-0.3, -0.25) is 9.52 Å². The number of rotatable bonds is 11. The van der Waals surface area contributed by atoms with Gasteiger partial charge in [0.25, 0.3) is 10.0 Å². The molecule has 0 atom stereocenters. The van der Waals surface area contributed by atoms with Crippen LogP contribution in [0, 0.1) is 0 Å². The van der Waals surface area contributed by atoms with Gasteiger partial charge in [-0.15, -0.1) is 0 Å². The summed E-state index contributed by atoms with van der Waals surface area (Å²) in [6, 6.07) is 5.84. The Kier molecular flexibility index (Phi) is 8.84. The van der Waals surface area contributed by atoms with Crippen molar-refractivity contribution in [2.45, 2.75) is 0 Å². The number of pyridine rings is 1. The summed E-state index contributed by atoms with van der Waals surface area (Å²) >= 11 is 0. The van der Waals surface area contributed by atoms with Gasteiger partial charge < -0.3 is 29.4 Å². The molecule has 1 amide bonds. The molecule has 1 heterocycles. The van der Waals surface area contributed by atoms with Crippen molar-refractivity contribution in [1.29, 1.82) is 0 Å². The van der Waals surface area contributed by atoms with E-state index in [0.29, 0.717) is 28.9 Å². The fourth-order valence-corrected chi connectivity index (χ4v) is 3.39. The normalized spacial score (nSPS) is 11.3. The van der Waals surface area contributed by atoms with Crippen molar-refractivity contribution in [1.82, 2.24) is 4.98 Å². The zero-order valence-electron chi connectivity index (χ0n) is 18.7. The van der Waals surface area contributed by atoms with Crippen LogP contribution in [0.25, 0.3) is 6.08 Å². The average molecular weight is 493 g/mol. The zero-order chi connectivity index (χ0) is 25.3. The highest BCUT2D eigenvalue weighted by Gasteiger charge is 2.15. The first-order valence-corrected chi connectivity index (χ1v) is 10.9. The highest BCUT2D eigenvalue weighted by molar-refractivity contribution is 7.95. The number of sulfonamides is 1. The van der Waals surface area contributed by atoms with Crippen LogP contribution >= 0.6 is 0 Å². The second-order valence-electron chi connectivity index (χ2n) is 6.30. The SMILES string of the molecule is COc1cc(OC)c(/C=C/S(=O)(=O)Nc2ccc(OC)c(NC(=O)/C=C/C(=O)O)n2)c(OC)c1. The van der Waals surface area contributed by atoms with E-state index >= 15 is 0 Å². The highest BCUT2D eigenvalue weighted by atomic mass is 32.2. The van der Waals surface area contributed by atoms with Crippen molar-refractivity contribution in [3.05, 3.63) is 47.4 Å². The number of hydrogen-bond donors (Lipinski definition) is 3. The topological polar surface area (TPSA) is 162 Å². The number of benzene rings is 1. The smallest absolute Gasteiger partial charge is 0.328 e. The minimum absolute atomic E-state index is 0.120. The number of nitrogens with one attached hydrogen (secondary N) is 2. The molecular weight excluding hydrogens is 470 g/mol. The van der Waals surface area contributed by atoms with Crippen molar-refractivity contribution in [2.75, 3.05) is 38.5 Å². The van der Waals surface area contributed by atoms with Crippen LogP contribution in [0.5, 0.6) is 23.0 Å². The third-order valence-electron chi connectivity index (χ3n) is 4.11. The Balaban J connectivity index is 2.31. The Labute approximate surface area is 195 Å². The van der Waals surface area contributed by atoms with Gasteiger partial charge in [-0.2, -0.15) is 0 Å². The number of aromatic nitrogens is 1. The molecule has 0 bridgehead atoms. The average Bonchev–Trinajstić information content (AvgIpc) is 2.80. The number of carboxylic acids is 1. The lowest BCUT2D eigenvalue weighted by atomic mass is 10.1. The Hall–Kier alpha value is -4.26. The molecule has 0 saturated heterocycles. The molecule has 0 unspecified atom stereocenters. The van der Waals surface area contributed by atoms with Gasteiger partial charge in [-0.05, 0) is 18.2 Å². The molecule has 34 heavy (non-hydrogen) atoms. The Morgan fingerprint density at radius 1 is 0.941 bits per heavy atom. The molecule has 0 aliphatic heterocycles. The first-order valence-electron chi connectivity index (χ1n) is 9.40. The lowest BCUT2D eigenvalue weighted by molar-refractivity contribution is -0.131. The van der Waals surface area contributed by atoms with E-state index in [1.54, 1.807) is 12.1 Å². The predicted octanol–water partition coefficient (Wildman–Crippen LogP) is 2.11. The van der Waals surface area contributed by atoms with E-state index in [1.807, 2.05) is 0 Å². The third kappa shape index (κ3) is 7.13. The van der Waals surface area contributed by atoms with E-state index in [2.05, 4.69) is 15.0 Å². The van der Waals surface area contributed by atoms with Gasteiger partial charge in [0.05, 0.1) is 39.4 Å². The summed E-state index contributed by atoms with van der Waals surface area (Å²) in [5, 5.41) is 11.8. The van der Waals surface area contributed by atoms with E-state index < -0.39 is 21.9 Å². The number of anilines is 2. The van der Waals surface area contributed by atoms with Gasteiger partial charge >= 0.3 is 5.97 Å². The second-order valence-corrected chi connectivity index (χ2v) is 7.87. The number of carbonyl (C=O) groups is 2. The maximum atomic E-state index is 12.6. The standard InChI is InChI=1S/C21H23N3O9S/c1-30-13-11-16(32-3)14(17(12-13)33-4)9-10-34(28,29)24-18-6-5-15(31-2)21(22-18)23-19(25)7-8-20(26)27/h5-12H,1-4H3,(H,26,27)(H2,22,23,24,25)/b8-7+,10-9+. The van der Waals surface area contributed by atoms with Crippen molar-refractivity contribution in [3.63, 3.8) is 0 Å². The Morgan fingerprint density at radius 3 is 2.09 bits per heavy atom. The molecule has 0 fully saturated rings. The van der Waals surface area contributed by atoms with Crippen LogP contribution in [0.3, 0.4) is 0 Å². The van der Waals surface area contributed by atoms with Crippen LogP contribution in [-0.2, 0) is 19.6 Å². The van der Waals surface area contributed by atoms with Gasteiger partial charge in [-0.25, -0.2) is 18.2 Å². The lowest BCUT2D eigenvalue weighted by Crippen LogP contribution is -2.14. The molecule has 0 radical (unpaired) electrons. The molecule has 0 aliphatic rings. The van der Waals surface area contributed by atoms with Crippen LogP contribution in [0.15, 0.2) is 41.8 Å². The molecule has 1 aromatic carbocycles. The molecular formula is C21H23N3O9S. The van der Waals surface area contributed by atoms with Gasteiger partial charge in [0, 0.05) is 24.3 Å². The molecule has 2 rings (SSSR count). The molecule has 13 heteroatoms. The van der Waals surface area contributed by atoms with Crippen LogP contribution in [-0.4, -0.2) is 58.8 Å². The van der Waals surface area contributed by atoms with Crippen molar-refractivity contribution < 1.29 is 42.1 Å². The minimum Gasteiger partial charge on any atom is -0.496 e. The van der Waals surface area contributed by atoms with E-state index in [-0.39, 0.29) is 17.4 Å². The summed E-state index contributed by atoms with van der Waals surface area (Å²) in [7, 11) is 1.56. The van der Waals surface area contributed by atoms with Crippen LogP contribution in [0.4, 0.5) is 11.6 Å². The van der Waals surface area contributed by atoms with Gasteiger partial charge in [0.15, 0.2) is 11.6 Å². The summed E-state index contributed by atoms with van der Waals surface area (Å²) in [5.41, 5.74) is 0.358. The first-order chi connectivity index (χ1) is 16.1. The summed E-state index contributed by atoms with van der Waals surface area (Å²) < 4.78 is 48.3. The lowest BCUT2D eigenvalue weighted by Gasteiger charge is -2.13. The maximum Gasteiger partial charge on any atom is 0.328 e. The fraction of sp³-hybridized carbons (Fsp3) is 0.190. The van der Waals surface area contributed by atoms with Crippen LogP contribution < -0.4 is 29.0 Å². The van der Waals surface area contributed by atoms with Crippen molar-refractivity contribution in [3.8, 4) is 23.0 Å². The molecule has 0 spiro atoms. The first kappa shape index (κ1) is 26.0. The number of hydrogen-bond acceptors (Lipinski definition) is 9. The van der Waals surface area contributed by atoms with Crippen LogP contribution in [0.2, 0.25) is 0 Å². The zero-order valence-corrected chi connectivity index (χ0v) is 19.5. The molecule has 12 nitrogen and oxygen atoms in total. The Bertz CT molecular complexity index is 1200.